The number of hydrazine groups is 1. The van der Waals surface area contributed by atoms with E-state index in [1.54, 1.807) is 0 Å². The van der Waals surface area contributed by atoms with Crippen LogP contribution in [0.5, 0.6) is 0 Å². The zero-order chi connectivity index (χ0) is 14.7. The van der Waals surface area contributed by atoms with Gasteiger partial charge < -0.3 is 0 Å². The van der Waals surface area contributed by atoms with Gasteiger partial charge in [0.25, 0.3) is 0 Å². The molecule has 0 aromatic heterocycles. The highest BCUT2D eigenvalue weighted by atomic mass is 79.9. The first-order chi connectivity index (χ1) is 9.52. The highest BCUT2D eigenvalue weighted by Crippen LogP contribution is 2.27. The summed E-state index contributed by atoms with van der Waals surface area (Å²) in [6.07, 6.45) is 0. The van der Waals surface area contributed by atoms with Gasteiger partial charge in [0.15, 0.2) is 0 Å². The SMILES string of the molecule is Cc1ccc(C(NN)c2ccc(C(C)C)cc2)cc1Br. The molecule has 2 nitrogen and oxygen atoms in total. The molecule has 2 aromatic rings. The molecule has 3 heteroatoms. The molecule has 0 aliphatic rings. The summed E-state index contributed by atoms with van der Waals surface area (Å²) in [5.41, 5.74) is 7.80. The van der Waals surface area contributed by atoms with Crippen LogP contribution >= 0.6 is 15.9 Å². The summed E-state index contributed by atoms with van der Waals surface area (Å²) in [5, 5.41) is 0. The molecule has 2 aromatic carbocycles. The van der Waals surface area contributed by atoms with Gasteiger partial charge in [-0.25, -0.2) is 5.43 Å². The van der Waals surface area contributed by atoms with Crippen molar-refractivity contribution in [2.24, 2.45) is 5.84 Å². The van der Waals surface area contributed by atoms with Crippen molar-refractivity contribution in [3.8, 4) is 0 Å². The van der Waals surface area contributed by atoms with Gasteiger partial charge in [-0.3, -0.25) is 5.84 Å². The zero-order valence-electron chi connectivity index (χ0n) is 12.2. The lowest BCUT2D eigenvalue weighted by molar-refractivity contribution is 0.636. The molecule has 1 unspecified atom stereocenters. The van der Waals surface area contributed by atoms with Crippen molar-refractivity contribution in [2.75, 3.05) is 0 Å². The van der Waals surface area contributed by atoms with Gasteiger partial charge in [0.2, 0.25) is 0 Å². The van der Waals surface area contributed by atoms with Crippen molar-refractivity contribution in [1.82, 2.24) is 5.43 Å². The maximum absolute atomic E-state index is 5.76. The molecule has 0 saturated heterocycles. The molecule has 0 aliphatic carbocycles. The quantitative estimate of drug-likeness (QED) is 0.641. The standard InChI is InChI=1S/C17H21BrN2/c1-11(2)13-6-8-14(9-7-13)17(20-19)15-5-4-12(3)16(18)10-15/h4-11,17,20H,19H2,1-3H3. The number of aryl methyl sites for hydroxylation is 1. The number of nitrogens with two attached hydrogens (primary N) is 1. The fourth-order valence-electron chi connectivity index (χ4n) is 2.25. The van der Waals surface area contributed by atoms with Crippen molar-refractivity contribution < 1.29 is 0 Å². The van der Waals surface area contributed by atoms with Crippen LogP contribution in [-0.4, -0.2) is 0 Å². The van der Waals surface area contributed by atoms with E-state index in [0.29, 0.717) is 5.92 Å². The maximum atomic E-state index is 5.76. The highest BCUT2D eigenvalue weighted by molar-refractivity contribution is 9.10. The Bertz CT molecular complexity index is 576. The van der Waals surface area contributed by atoms with Gasteiger partial charge in [-0.1, -0.05) is 66.2 Å². The molecule has 2 rings (SSSR count). The van der Waals surface area contributed by atoms with Crippen molar-refractivity contribution in [3.63, 3.8) is 0 Å². The summed E-state index contributed by atoms with van der Waals surface area (Å²) in [6, 6.07) is 15.0. The summed E-state index contributed by atoms with van der Waals surface area (Å²) in [4.78, 5) is 0. The van der Waals surface area contributed by atoms with Crippen LogP contribution in [0.1, 0.15) is 48.1 Å². The Labute approximate surface area is 129 Å². The van der Waals surface area contributed by atoms with Crippen LogP contribution in [0.4, 0.5) is 0 Å². The van der Waals surface area contributed by atoms with E-state index in [1.165, 1.54) is 16.7 Å². The van der Waals surface area contributed by atoms with E-state index in [2.05, 4.69) is 84.6 Å². The molecule has 1 atom stereocenters. The minimum absolute atomic E-state index is 0.00751. The molecule has 0 fully saturated rings. The summed E-state index contributed by atoms with van der Waals surface area (Å²) in [5.74, 6) is 6.30. The number of rotatable bonds is 4. The molecule has 0 aliphatic heterocycles. The summed E-state index contributed by atoms with van der Waals surface area (Å²) in [7, 11) is 0. The second-order valence-corrected chi connectivity index (χ2v) is 6.28. The monoisotopic (exact) mass is 332 g/mol. The first-order valence-corrected chi connectivity index (χ1v) is 7.64. The molecular formula is C17H21BrN2. The van der Waals surface area contributed by atoms with Crippen molar-refractivity contribution in [3.05, 3.63) is 69.2 Å². The smallest absolute Gasteiger partial charge is 0.0710 e. The van der Waals surface area contributed by atoms with Crippen LogP contribution in [0.15, 0.2) is 46.9 Å². The Morgan fingerprint density at radius 3 is 2.00 bits per heavy atom. The van der Waals surface area contributed by atoms with E-state index in [0.717, 1.165) is 10.0 Å². The molecular weight excluding hydrogens is 312 g/mol. The van der Waals surface area contributed by atoms with E-state index < -0.39 is 0 Å². The third-order valence-corrected chi connectivity index (χ3v) is 4.49. The van der Waals surface area contributed by atoms with Gasteiger partial charge in [-0.2, -0.15) is 0 Å². The van der Waals surface area contributed by atoms with Gasteiger partial charge in [0.1, 0.15) is 0 Å². The van der Waals surface area contributed by atoms with Crippen LogP contribution < -0.4 is 11.3 Å². The van der Waals surface area contributed by atoms with Crippen LogP contribution in [-0.2, 0) is 0 Å². The normalized spacial score (nSPS) is 12.7. The Morgan fingerprint density at radius 1 is 0.950 bits per heavy atom. The number of hydrogen-bond donors (Lipinski definition) is 2. The largest absolute Gasteiger partial charge is 0.271 e. The minimum atomic E-state index is 0.00751. The van der Waals surface area contributed by atoms with Gasteiger partial charge in [0, 0.05) is 4.47 Å². The van der Waals surface area contributed by atoms with E-state index in [9.17, 15) is 0 Å². The number of hydrogen-bond acceptors (Lipinski definition) is 2. The van der Waals surface area contributed by atoms with Crippen LogP contribution in [0, 0.1) is 6.92 Å². The average Bonchev–Trinajstić information content (AvgIpc) is 2.44. The van der Waals surface area contributed by atoms with Gasteiger partial charge >= 0.3 is 0 Å². The molecule has 20 heavy (non-hydrogen) atoms. The van der Waals surface area contributed by atoms with Crippen molar-refractivity contribution in [1.29, 1.82) is 0 Å². The molecule has 3 N–H and O–H groups in total. The predicted octanol–water partition coefficient (Wildman–Crippen LogP) is 4.43. The Morgan fingerprint density at radius 2 is 1.50 bits per heavy atom. The Hall–Kier alpha value is -1.16. The van der Waals surface area contributed by atoms with E-state index in [4.69, 9.17) is 5.84 Å². The Balaban J connectivity index is 2.33. The molecule has 106 valence electrons. The molecule has 0 saturated carbocycles. The second kappa shape index (κ2) is 6.53. The van der Waals surface area contributed by atoms with Crippen LogP contribution in [0.3, 0.4) is 0 Å². The zero-order valence-corrected chi connectivity index (χ0v) is 13.7. The van der Waals surface area contributed by atoms with Gasteiger partial charge in [-0.05, 0) is 41.2 Å². The topological polar surface area (TPSA) is 38.0 Å². The molecule has 0 amide bonds. The summed E-state index contributed by atoms with van der Waals surface area (Å²) in [6.45, 7) is 6.48. The first kappa shape index (κ1) is 15.2. The van der Waals surface area contributed by atoms with Crippen LogP contribution in [0.2, 0.25) is 0 Å². The van der Waals surface area contributed by atoms with Gasteiger partial charge in [0.05, 0.1) is 6.04 Å². The predicted molar refractivity (Wildman–Crippen MR) is 88.6 cm³/mol. The van der Waals surface area contributed by atoms with Crippen molar-refractivity contribution >= 4 is 15.9 Å². The lowest BCUT2D eigenvalue weighted by Crippen LogP contribution is -2.28. The molecule has 0 spiro atoms. The van der Waals surface area contributed by atoms with Crippen molar-refractivity contribution in [2.45, 2.75) is 32.7 Å². The molecule has 0 bridgehead atoms. The third kappa shape index (κ3) is 3.29. The first-order valence-electron chi connectivity index (χ1n) is 6.85. The number of halogens is 1. The number of nitrogens with one attached hydrogen (secondary N) is 1. The fraction of sp³-hybridized carbons (Fsp3) is 0.294. The summed E-state index contributed by atoms with van der Waals surface area (Å²) < 4.78 is 1.11. The highest BCUT2D eigenvalue weighted by Gasteiger charge is 2.13. The Kier molecular flexibility index (Phi) is 4.97. The molecule has 0 heterocycles. The lowest BCUT2D eigenvalue weighted by Gasteiger charge is -2.18. The molecule has 0 radical (unpaired) electrons. The second-order valence-electron chi connectivity index (χ2n) is 5.43. The van der Waals surface area contributed by atoms with Crippen LogP contribution in [0.25, 0.3) is 0 Å². The van der Waals surface area contributed by atoms with E-state index in [1.807, 2.05) is 0 Å². The number of benzene rings is 2. The average molecular weight is 333 g/mol. The van der Waals surface area contributed by atoms with Gasteiger partial charge in [-0.15, -0.1) is 0 Å². The van der Waals surface area contributed by atoms with E-state index in [-0.39, 0.29) is 6.04 Å². The maximum Gasteiger partial charge on any atom is 0.0710 e. The third-order valence-electron chi connectivity index (χ3n) is 3.63. The lowest BCUT2D eigenvalue weighted by atomic mass is 9.95. The summed E-state index contributed by atoms with van der Waals surface area (Å²) >= 11 is 3.58. The fourth-order valence-corrected chi connectivity index (χ4v) is 2.64. The minimum Gasteiger partial charge on any atom is -0.271 e. The van der Waals surface area contributed by atoms with E-state index >= 15 is 0 Å².